The zero-order valence-electron chi connectivity index (χ0n) is 12.7. The number of halogens is 3. The molecule has 118 valence electrons. The first-order valence-corrected chi connectivity index (χ1v) is 6.83. The van der Waals surface area contributed by atoms with E-state index < -0.39 is 23.2 Å². The molecule has 1 amide bonds. The zero-order chi connectivity index (χ0) is 16.3. The number of alkyl halides is 3. The minimum absolute atomic E-state index is 0.00759. The fourth-order valence-electron chi connectivity index (χ4n) is 1.83. The highest BCUT2D eigenvalue weighted by molar-refractivity contribution is 6.00. The molecule has 0 fully saturated rings. The Balaban J connectivity index is 3.27. The highest BCUT2D eigenvalue weighted by atomic mass is 19.4. The third-order valence-electron chi connectivity index (χ3n) is 2.65. The summed E-state index contributed by atoms with van der Waals surface area (Å²) in [7, 11) is 0. The normalized spacial score (nSPS) is 12.1. The number of carbonyl (C=O) groups is 1. The van der Waals surface area contributed by atoms with Crippen LogP contribution < -0.4 is 10.6 Å². The third kappa shape index (κ3) is 4.95. The van der Waals surface area contributed by atoms with E-state index in [1.807, 2.05) is 6.92 Å². The fourth-order valence-corrected chi connectivity index (χ4v) is 1.83. The number of amides is 1. The molecule has 0 aliphatic rings. The van der Waals surface area contributed by atoms with Crippen LogP contribution in [-0.2, 0) is 6.18 Å². The van der Waals surface area contributed by atoms with Crippen LogP contribution in [0.1, 0.15) is 50.0 Å². The molecule has 6 heteroatoms. The fraction of sp³-hybridized carbons (Fsp3) is 0.533. The van der Waals surface area contributed by atoms with E-state index >= 15 is 0 Å². The van der Waals surface area contributed by atoms with Gasteiger partial charge in [0, 0.05) is 12.1 Å². The smallest absolute Gasteiger partial charge is 0.384 e. The van der Waals surface area contributed by atoms with Crippen molar-refractivity contribution in [2.75, 3.05) is 11.9 Å². The molecule has 21 heavy (non-hydrogen) atoms. The molecule has 0 unspecified atom stereocenters. The first-order valence-electron chi connectivity index (χ1n) is 6.83. The SMILES string of the molecule is CCCNc1c(C(=O)NC(C)(C)C)cccc1C(F)(F)F. The second-order valence-corrected chi connectivity index (χ2v) is 5.86. The van der Waals surface area contributed by atoms with E-state index in [4.69, 9.17) is 0 Å². The van der Waals surface area contributed by atoms with E-state index in [-0.39, 0.29) is 11.3 Å². The predicted molar refractivity (Wildman–Crippen MR) is 77.4 cm³/mol. The van der Waals surface area contributed by atoms with Crippen molar-refractivity contribution in [2.24, 2.45) is 0 Å². The van der Waals surface area contributed by atoms with E-state index in [0.29, 0.717) is 13.0 Å². The summed E-state index contributed by atoms with van der Waals surface area (Å²) in [6.07, 6.45) is -3.85. The molecule has 0 radical (unpaired) electrons. The van der Waals surface area contributed by atoms with Crippen LogP contribution in [0.4, 0.5) is 18.9 Å². The minimum atomic E-state index is -4.51. The van der Waals surface area contributed by atoms with Crippen molar-refractivity contribution in [1.82, 2.24) is 5.32 Å². The van der Waals surface area contributed by atoms with Crippen LogP contribution in [0.15, 0.2) is 18.2 Å². The quantitative estimate of drug-likeness (QED) is 0.880. The molecule has 0 bridgehead atoms. The highest BCUT2D eigenvalue weighted by Gasteiger charge is 2.35. The maximum Gasteiger partial charge on any atom is 0.418 e. The van der Waals surface area contributed by atoms with E-state index in [9.17, 15) is 18.0 Å². The van der Waals surface area contributed by atoms with Gasteiger partial charge in [-0.3, -0.25) is 4.79 Å². The van der Waals surface area contributed by atoms with Gasteiger partial charge in [-0.15, -0.1) is 0 Å². The molecule has 1 aromatic carbocycles. The Bertz CT molecular complexity index is 505. The van der Waals surface area contributed by atoms with Crippen LogP contribution in [0.2, 0.25) is 0 Å². The molecule has 1 aromatic rings. The van der Waals surface area contributed by atoms with E-state index in [0.717, 1.165) is 6.07 Å². The molecule has 0 saturated heterocycles. The Morgan fingerprint density at radius 1 is 1.19 bits per heavy atom. The first-order chi connectivity index (χ1) is 9.56. The monoisotopic (exact) mass is 302 g/mol. The lowest BCUT2D eigenvalue weighted by Crippen LogP contribution is -2.41. The maximum atomic E-state index is 13.1. The molecule has 0 atom stereocenters. The van der Waals surface area contributed by atoms with Crippen molar-refractivity contribution in [3.05, 3.63) is 29.3 Å². The topological polar surface area (TPSA) is 41.1 Å². The van der Waals surface area contributed by atoms with Crippen molar-refractivity contribution < 1.29 is 18.0 Å². The predicted octanol–water partition coefficient (Wildman–Crippen LogP) is 4.06. The van der Waals surface area contributed by atoms with Crippen LogP contribution in [0, 0.1) is 0 Å². The number of hydrogen-bond donors (Lipinski definition) is 2. The van der Waals surface area contributed by atoms with E-state index in [2.05, 4.69) is 10.6 Å². The molecule has 2 N–H and O–H groups in total. The average molecular weight is 302 g/mol. The van der Waals surface area contributed by atoms with Crippen LogP contribution >= 0.6 is 0 Å². The van der Waals surface area contributed by atoms with Gasteiger partial charge in [-0.1, -0.05) is 13.0 Å². The largest absolute Gasteiger partial charge is 0.418 e. The minimum Gasteiger partial charge on any atom is -0.384 e. The Kier molecular flexibility index (Phi) is 5.25. The van der Waals surface area contributed by atoms with Gasteiger partial charge in [0.25, 0.3) is 5.91 Å². The van der Waals surface area contributed by atoms with Crippen LogP contribution in [0.25, 0.3) is 0 Å². The zero-order valence-corrected chi connectivity index (χ0v) is 12.7. The number of benzene rings is 1. The Morgan fingerprint density at radius 2 is 1.81 bits per heavy atom. The van der Waals surface area contributed by atoms with Crippen molar-refractivity contribution in [1.29, 1.82) is 0 Å². The number of para-hydroxylation sites is 1. The second kappa shape index (κ2) is 6.37. The number of hydrogen-bond acceptors (Lipinski definition) is 2. The lowest BCUT2D eigenvalue weighted by molar-refractivity contribution is -0.137. The lowest BCUT2D eigenvalue weighted by atomic mass is 10.0. The molecule has 3 nitrogen and oxygen atoms in total. The number of rotatable bonds is 4. The summed E-state index contributed by atoms with van der Waals surface area (Å²) in [5.74, 6) is -0.521. The summed E-state index contributed by atoms with van der Waals surface area (Å²) in [5, 5.41) is 5.41. The summed E-state index contributed by atoms with van der Waals surface area (Å²) >= 11 is 0. The van der Waals surface area contributed by atoms with Gasteiger partial charge in [-0.2, -0.15) is 13.2 Å². The maximum absolute atomic E-state index is 13.1. The number of nitrogens with one attached hydrogen (secondary N) is 2. The third-order valence-corrected chi connectivity index (χ3v) is 2.65. The summed E-state index contributed by atoms with van der Waals surface area (Å²) < 4.78 is 39.3. The van der Waals surface area contributed by atoms with Crippen molar-refractivity contribution >= 4 is 11.6 Å². The average Bonchev–Trinajstić information content (AvgIpc) is 2.32. The number of anilines is 1. The molecule has 0 heterocycles. The van der Waals surface area contributed by atoms with Gasteiger partial charge in [0.2, 0.25) is 0 Å². The van der Waals surface area contributed by atoms with E-state index in [1.54, 1.807) is 20.8 Å². The lowest BCUT2D eigenvalue weighted by Gasteiger charge is -2.23. The van der Waals surface area contributed by atoms with Gasteiger partial charge >= 0.3 is 6.18 Å². The van der Waals surface area contributed by atoms with Gasteiger partial charge in [0.05, 0.1) is 16.8 Å². The summed E-state index contributed by atoms with van der Waals surface area (Å²) in [6.45, 7) is 7.54. The van der Waals surface area contributed by atoms with Crippen LogP contribution in [0.5, 0.6) is 0 Å². The van der Waals surface area contributed by atoms with Gasteiger partial charge in [0.1, 0.15) is 0 Å². The highest BCUT2D eigenvalue weighted by Crippen LogP contribution is 2.36. The molecule has 1 rings (SSSR count). The molecule has 0 saturated carbocycles. The van der Waals surface area contributed by atoms with Crippen LogP contribution in [-0.4, -0.2) is 18.0 Å². The molecule has 0 spiro atoms. The number of carbonyl (C=O) groups excluding carboxylic acids is 1. The van der Waals surface area contributed by atoms with E-state index in [1.165, 1.54) is 12.1 Å². The van der Waals surface area contributed by atoms with Crippen molar-refractivity contribution in [3.63, 3.8) is 0 Å². The summed E-state index contributed by atoms with van der Waals surface area (Å²) in [6, 6.07) is 3.62. The molecular weight excluding hydrogens is 281 g/mol. The van der Waals surface area contributed by atoms with Gasteiger partial charge in [-0.05, 0) is 39.3 Å². The summed E-state index contributed by atoms with van der Waals surface area (Å²) in [4.78, 5) is 12.2. The molecule has 0 aromatic heterocycles. The molecular formula is C15H21F3N2O. The van der Waals surface area contributed by atoms with Crippen LogP contribution in [0.3, 0.4) is 0 Å². The Labute approximate surface area is 122 Å². The molecule has 0 aliphatic carbocycles. The van der Waals surface area contributed by atoms with Gasteiger partial charge in [-0.25, -0.2) is 0 Å². The van der Waals surface area contributed by atoms with Crippen molar-refractivity contribution in [2.45, 2.75) is 45.8 Å². The summed E-state index contributed by atoms with van der Waals surface area (Å²) in [5.41, 5.74) is -1.49. The Morgan fingerprint density at radius 3 is 2.29 bits per heavy atom. The second-order valence-electron chi connectivity index (χ2n) is 5.86. The Hall–Kier alpha value is -1.72. The first kappa shape index (κ1) is 17.3. The van der Waals surface area contributed by atoms with Gasteiger partial charge in [0.15, 0.2) is 0 Å². The standard InChI is InChI=1S/C15H21F3N2O/c1-5-9-19-12-10(13(21)20-14(2,3)4)7-6-8-11(12)15(16,17)18/h6-8,19H,5,9H2,1-4H3,(H,20,21). The van der Waals surface area contributed by atoms with Crippen molar-refractivity contribution in [3.8, 4) is 0 Å². The van der Waals surface area contributed by atoms with Gasteiger partial charge < -0.3 is 10.6 Å². The molecule has 0 aliphatic heterocycles.